The first-order valence-electron chi connectivity index (χ1n) is 10.8. The molecule has 2 aromatic rings. The van der Waals surface area contributed by atoms with Crippen molar-refractivity contribution < 1.29 is 9.59 Å². The molecular formula is C24H33N3O2. The summed E-state index contributed by atoms with van der Waals surface area (Å²) in [5.74, 6) is 0.570. The van der Waals surface area contributed by atoms with Crippen molar-refractivity contribution in [2.75, 3.05) is 20.1 Å². The molecular weight excluding hydrogens is 362 g/mol. The summed E-state index contributed by atoms with van der Waals surface area (Å²) < 4.78 is 0. The Morgan fingerprint density at radius 1 is 1.03 bits per heavy atom. The monoisotopic (exact) mass is 395 g/mol. The molecule has 0 spiro atoms. The Kier molecular flexibility index (Phi) is 7.64. The number of hydrogen-bond acceptors (Lipinski definition) is 3. The molecule has 29 heavy (non-hydrogen) atoms. The standard InChI is InChI=1S/C24H33N3O2/c1-3-26-24(29)22(15-18-10-11-19-6-4-5-7-21(19)14-18)27-23(28)20-12-8-17(9-13-20)16-25-2/h4-7,10-11,14,17,20,22,25H,3,8-9,12-13,15-16H2,1-2H3,(H,26,29)(H,27,28)/t17?,20?,22-/m0/s1. The number of fused-ring (bicyclic) bond motifs is 1. The molecule has 156 valence electrons. The minimum atomic E-state index is -0.543. The van der Waals surface area contributed by atoms with Crippen molar-refractivity contribution in [3.8, 4) is 0 Å². The van der Waals surface area contributed by atoms with Crippen LogP contribution in [0, 0.1) is 11.8 Å². The van der Waals surface area contributed by atoms with Crippen molar-refractivity contribution in [2.45, 2.75) is 45.1 Å². The molecule has 1 atom stereocenters. The summed E-state index contributed by atoms with van der Waals surface area (Å²) in [6, 6.07) is 13.9. The van der Waals surface area contributed by atoms with E-state index in [0.29, 0.717) is 18.9 Å². The van der Waals surface area contributed by atoms with E-state index in [1.54, 1.807) is 0 Å². The maximum atomic E-state index is 12.9. The van der Waals surface area contributed by atoms with Gasteiger partial charge >= 0.3 is 0 Å². The lowest BCUT2D eigenvalue weighted by atomic mass is 9.81. The van der Waals surface area contributed by atoms with Crippen LogP contribution in [0.1, 0.15) is 38.2 Å². The molecule has 1 aliphatic carbocycles. The van der Waals surface area contributed by atoms with Gasteiger partial charge in [-0.05, 0) is 68.5 Å². The average molecular weight is 396 g/mol. The van der Waals surface area contributed by atoms with E-state index in [0.717, 1.165) is 43.2 Å². The number of benzene rings is 2. The van der Waals surface area contributed by atoms with Crippen molar-refractivity contribution in [1.82, 2.24) is 16.0 Å². The zero-order valence-electron chi connectivity index (χ0n) is 17.5. The summed E-state index contributed by atoms with van der Waals surface area (Å²) in [4.78, 5) is 25.5. The topological polar surface area (TPSA) is 70.2 Å². The Bertz CT molecular complexity index is 828. The van der Waals surface area contributed by atoms with Crippen LogP contribution in [0.25, 0.3) is 10.8 Å². The van der Waals surface area contributed by atoms with Gasteiger partial charge in [-0.3, -0.25) is 9.59 Å². The number of amides is 2. The number of hydrogen-bond donors (Lipinski definition) is 3. The first-order chi connectivity index (χ1) is 14.1. The van der Waals surface area contributed by atoms with Crippen molar-refractivity contribution in [3.05, 3.63) is 48.0 Å². The molecule has 1 fully saturated rings. The first kappa shape index (κ1) is 21.3. The number of likely N-dealkylation sites (N-methyl/N-ethyl adjacent to an activating group) is 1. The molecule has 1 saturated carbocycles. The molecule has 0 aliphatic heterocycles. The molecule has 5 heteroatoms. The summed E-state index contributed by atoms with van der Waals surface area (Å²) in [7, 11) is 1.97. The van der Waals surface area contributed by atoms with Crippen LogP contribution in [0.5, 0.6) is 0 Å². The van der Waals surface area contributed by atoms with Gasteiger partial charge in [0.2, 0.25) is 11.8 Å². The largest absolute Gasteiger partial charge is 0.355 e. The zero-order valence-corrected chi connectivity index (χ0v) is 17.5. The Balaban J connectivity index is 1.66. The van der Waals surface area contributed by atoms with Gasteiger partial charge in [0.15, 0.2) is 0 Å². The highest BCUT2D eigenvalue weighted by Gasteiger charge is 2.29. The molecule has 3 rings (SSSR count). The molecule has 0 heterocycles. The molecule has 0 radical (unpaired) electrons. The first-order valence-corrected chi connectivity index (χ1v) is 10.8. The lowest BCUT2D eigenvalue weighted by Gasteiger charge is -2.29. The van der Waals surface area contributed by atoms with E-state index in [2.05, 4.69) is 40.2 Å². The minimum absolute atomic E-state index is 0.0108. The van der Waals surface area contributed by atoms with Crippen LogP contribution in [0.2, 0.25) is 0 Å². The third kappa shape index (κ3) is 5.80. The highest BCUT2D eigenvalue weighted by atomic mass is 16.2. The molecule has 0 saturated heterocycles. The van der Waals surface area contributed by atoms with Crippen LogP contribution in [0.3, 0.4) is 0 Å². The summed E-state index contributed by atoms with van der Waals surface area (Å²) in [6.07, 6.45) is 4.43. The van der Waals surface area contributed by atoms with Gasteiger partial charge in [0, 0.05) is 18.9 Å². The summed E-state index contributed by atoms with van der Waals surface area (Å²) in [5.41, 5.74) is 1.05. The van der Waals surface area contributed by atoms with E-state index in [1.165, 1.54) is 5.39 Å². The van der Waals surface area contributed by atoms with Gasteiger partial charge in [-0.1, -0.05) is 42.5 Å². The van der Waals surface area contributed by atoms with E-state index in [-0.39, 0.29) is 17.7 Å². The Hall–Kier alpha value is -2.40. The van der Waals surface area contributed by atoms with Gasteiger partial charge in [-0.2, -0.15) is 0 Å². The second kappa shape index (κ2) is 10.4. The van der Waals surface area contributed by atoms with Gasteiger partial charge < -0.3 is 16.0 Å². The molecule has 2 amide bonds. The number of rotatable bonds is 8. The summed E-state index contributed by atoms with van der Waals surface area (Å²) in [5, 5.41) is 11.5. The molecule has 5 nitrogen and oxygen atoms in total. The normalized spacial score (nSPS) is 20.2. The second-order valence-corrected chi connectivity index (χ2v) is 8.12. The maximum absolute atomic E-state index is 12.9. The van der Waals surface area contributed by atoms with Crippen LogP contribution in [-0.4, -0.2) is 38.0 Å². The van der Waals surface area contributed by atoms with Crippen molar-refractivity contribution in [3.63, 3.8) is 0 Å². The van der Waals surface area contributed by atoms with E-state index in [1.807, 2.05) is 32.2 Å². The van der Waals surface area contributed by atoms with Crippen molar-refractivity contribution in [1.29, 1.82) is 0 Å². The van der Waals surface area contributed by atoms with Gasteiger partial charge in [0.25, 0.3) is 0 Å². The fraction of sp³-hybridized carbons (Fsp3) is 0.500. The smallest absolute Gasteiger partial charge is 0.242 e. The highest BCUT2D eigenvalue weighted by molar-refractivity contribution is 5.89. The number of carbonyl (C=O) groups excluding carboxylic acids is 2. The van der Waals surface area contributed by atoms with Crippen LogP contribution in [-0.2, 0) is 16.0 Å². The number of nitrogens with one attached hydrogen (secondary N) is 3. The second-order valence-electron chi connectivity index (χ2n) is 8.12. The Labute approximate surface area is 173 Å². The minimum Gasteiger partial charge on any atom is -0.355 e. The molecule has 0 unspecified atom stereocenters. The fourth-order valence-corrected chi connectivity index (χ4v) is 4.32. The fourth-order valence-electron chi connectivity index (χ4n) is 4.32. The lowest BCUT2D eigenvalue weighted by molar-refractivity contribution is -0.131. The third-order valence-corrected chi connectivity index (χ3v) is 5.95. The predicted octanol–water partition coefficient (Wildman–Crippen LogP) is 3.03. The van der Waals surface area contributed by atoms with Gasteiger partial charge in [0.05, 0.1) is 0 Å². The predicted molar refractivity (Wildman–Crippen MR) is 118 cm³/mol. The van der Waals surface area contributed by atoms with E-state index >= 15 is 0 Å². The van der Waals surface area contributed by atoms with E-state index in [4.69, 9.17) is 0 Å². The maximum Gasteiger partial charge on any atom is 0.242 e. The van der Waals surface area contributed by atoms with E-state index in [9.17, 15) is 9.59 Å². The quantitative estimate of drug-likeness (QED) is 0.643. The van der Waals surface area contributed by atoms with Gasteiger partial charge in [-0.25, -0.2) is 0 Å². The highest BCUT2D eigenvalue weighted by Crippen LogP contribution is 2.28. The SMILES string of the molecule is CCNC(=O)[C@H](Cc1ccc2ccccc2c1)NC(=O)C1CCC(CNC)CC1. The summed E-state index contributed by atoms with van der Waals surface area (Å²) in [6.45, 7) is 3.46. The zero-order chi connectivity index (χ0) is 20.6. The molecule has 2 aromatic carbocycles. The molecule has 0 bridgehead atoms. The molecule has 1 aliphatic rings. The average Bonchev–Trinajstić information content (AvgIpc) is 2.74. The third-order valence-electron chi connectivity index (χ3n) is 5.95. The lowest BCUT2D eigenvalue weighted by Crippen LogP contribution is -2.50. The van der Waals surface area contributed by atoms with E-state index < -0.39 is 6.04 Å². The van der Waals surface area contributed by atoms with Crippen LogP contribution >= 0.6 is 0 Å². The van der Waals surface area contributed by atoms with Crippen LogP contribution in [0.4, 0.5) is 0 Å². The van der Waals surface area contributed by atoms with Crippen molar-refractivity contribution >= 4 is 22.6 Å². The Morgan fingerprint density at radius 2 is 1.76 bits per heavy atom. The summed E-state index contributed by atoms with van der Waals surface area (Å²) >= 11 is 0. The van der Waals surface area contributed by atoms with Gasteiger partial charge in [0.1, 0.15) is 6.04 Å². The van der Waals surface area contributed by atoms with Crippen LogP contribution in [0.15, 0.2) is 42.5 Å². The van der Waals surface area contributed by atoms with Crippen LogP contribution < -0.4 is 16.0 Å². The Morgan fingerprint density at radius 3 is 2.45 bits per heavy atom. The molecule has 3 N–H and O–H groups in total. The number of carbonyl (C=O) groups is 2. The molecule has 0 aromatic heterocycles. The van der Waals surface area contributed by atoms with Gasteiger partial charge in [-0.15, -0.1) is 0 Å². The van der Waals surface area contributed by atoms with Crippen molar-refractivity contribution in [2.24, 2.45) is 11.8 Å².